The van der Waals surface area contributed by atoms with Gasteiger partial charge in [-0.15, -0.1) is 0 Å². The molecule has 0 amide bonds. The van der Waals surface area contributed by atoms with Gasteiger partial charge >= 0.3 is 0 Å². The number of hydrogen-bond acceptors (Lipinski definition) is 5. The Morgan fingerprint density at radius 2 is 2.10 bits per heavy atom. The number of hydrogen-bond donors (Lipinski definition) is 1. The minimum Gasteiger partial charge on any atom is -0.376 e. The topological polar surface area (TPSA) is 50.7 Å². The van der Waals surface area contributed by atoms with Crippen LogP contribution in [0, 0.1) is 0 Å². The van der Waals surface area contributed by atoms with E-state index in [1.807, 2.05) is 18.2 Å². The zero-order valence-corrected chi connectivity index (χ0v) is 14.6. The number of rotatable bonds is 3. The minimum absolute atomic E-state index is 0.546. The van der Waals surface area contributed by atoms with Crippen molar-refractivity contribution in [1.82, 2.24) is 13.7 Å². The van der Waals surface area contributed by atoms with E-state index in [1.54, 1.807) is 6.20 Å². The Balaban J connectivity index is 1.90. The number of anilines is 1. The quantitative estimate of drug-likeness (QED) is 0.639. The van der Waals surface area contributed by atoms with E-state index in [-0.39, 0.29) is 0 Å². The third-order valence-electron chi connectivity index (χ3n) is 2.69. The second-order valence-corrected chi connectivity index (χ2v) is 6.70. The molecule has 3 aromatic rings. The van der Waals surface area contributed by atoms with Crippen molar-refractivity contribution in [2.45, 2.75) is 6.54 Å². The molecule has 0 unspecified atom stereocenters. The van der Waals surface area contributed by atoms with Crippen LogP contribution in [-0.4, -0.2) is 13.7 Å². The second kappa shape index (κ2) is 5.93. The summed E-state index contributed by atoms with van der Waals surface area (Å²) in [6.45, 7) is 0.546. The highest BCUT2D eigenvalue weighted by Gasteiger charge is 2.10. The summed E-state index contributed by atoms with van der Waals surface area (Å²) < 4.78 is 10.3. The normalized spacial score (nSPS) is 10.9. The zero-order chi connectivity index (χ0) is 14.1. The SMILES string of the molecule is Clc1ccc2nsnc2c1NCc1ncc(Br)cc1Br. The van der Waals surface area contributed by atoms with Gasteiger partial charge in [0.15, 0.2) is 0 Å². The first-order chi connectivity index (χ1) is 9.65. The van der Waals surface area contributed by atoms with Crippen molar-refractivity contribution in [2.75, 3.05) is 5.32 Å². The summed E-state index contributed by atoms with van der Waals surface area (Å²) in [6.07, 6.45) is 1.76. The molecule has 4 nitrogen and oxygen atoms in total. The maximum absolute atomic E-state index is 6.23. The lowest BCUT2D eigenvalue weighted by Crippen LogP contribution is -2.03. The van der Waals surface area contributed by atoms with E-state index < -0.39 is 0 Å². The van der Waals surface area contributed by atoms with Crippen molar-refractivity contribution in [1.29, 1.82) is 0 Å². The highest BCUT2D eigenvalue weighted by molar-refractivity contribution is 9.11. The van der Waals surface area contributed by atoms with E-state index in [9.17, 15) is 0 Å². The van der Waals surface area contributed by atoms with Crippen LogP contribution >= 0.6 is 55.2 Å². The molecule has 0 atom stereocenters. The Hall–Kier alpha value is -0.760. The van der Waals surface area contributed by atoms with Crippen LogP contribution in [0.4, 0.5) is 5.69 Å². The Morgan fingerprint density at radius 1 is 1.25 bits per heavy atom. The molecule has 1 aromatic carbocycles. The first-order valence-electron chi connectivity index (χ1n) is 5.59. The van der Waals surface area contributed by atoms with Crippen molar-refractivity contribution in [2.24, 2.45) is 0 Å². The molecule has 2 aromatic heterocycles. The van der Waals surface area contributed by atoms with Gasteiger partial charge in [0.1, 0.15) is 11.0 Å². The molecule has 3 rings (SSSR count). The van der Waals surface area contributed by atoms with Crippen LogP contribution in [0.5, 0.6) is 0 Å². The molecule has 8 heteroatoms. The Kier molecular flexibility index (Phi) is 4.21. The van der Waals surface area contributed by atoms with Gasteiger partial charge in [-0.2, -0.15) is 8.75 Å². The monoisotopic (exact) mass is 432 g/mol. The van der Waals surface area contributed by atoms with Crippen molar-refractivity contribution in [3.05, 3.63) is 44.1 Å². The molecule has 0 saturated heterocycles. The molecule has 0 radical (unpaired) electrons. The predicted octanol–water partition coefficient (Wildman–Crippen LogP) is 4.88. The van der Waals surface area contributed by atoms with Crippen LogP contribution in [-0.2, 0) is 6.54 Å². The van der Waals surface area contributed by atoms with Crippen LogP contribution in [0.15, 0.2) is 33.3 Å². The van der Waals surface area contributed by atoms with Gasteiger partial charge in [0.2, 0.25) is 0 Å². The van der Waals surface area contributed by atoms with Gasteiger partial charge in [-0.25, -0.2) is 0 Å². The highest BCUT2D eigenvalue weighted by Crippen LogP contribution is 2.30. The molecule has 0 bridgehead atoms. The lowest BCUT2D eigenvalue weighted by molar-refractivity contribution is 1.03. The Morgan fingerprint density at radius 3 is 2.90 bits per heavy atom. The number of nitrogens with zero attached hydrogens (tertiary/aromatic N) is 3. The Bertz CT molecular complexity index is 777. The summed E-state index contributed by atoms with van der Waals surface area (Å²) >= 11 is 14.3. The van der Waals surface area contributed by atoms with Crippen molar-refractivity contribution in [3.8, 4) is 0 Å². The van der Waals surface area contributed by atoms with Crippen molar-refractivity contribution < 1.29 is 0 Å². The van der Waals surface area contributed by atoms with E-state index in [4.69, 9.17) is 11.6 Å². The van der Waals surface area contributed by atoms with E-state index in [1.165, 1.54) is 11.7 Å². The molecule has 1 N–H and O–H groups in total. The van der Waals surface area contributed by atoms with Gasteiger partial charge in [-0.05, 0) is 50.1 Å². The molecule has 2 heterocycles. The number of nitrogens with one attached hydrogen (secondary N) is 1. The fraction of sp³-hybridized carbons (Fsp3) is 0.0833. The molecule has 0 aliphatic heterocycles. The van der Waals surface area contributed by atoms with Crippen LogP contribution in [0.2, 0.25) is 5.02 Å². The third kappa shape index (κ3) is 2.81. The maximum Gasteiger partial charge on any atom is 0.129 e. The van der Waals surface area contributed by atoms with E-state index in [0.717, 1.165) is 31.4 Å². The van der Waals surface area contributed by atoms with Gasteiger partial charge in [-0.1, -0.05) is 11.6 Å². The number of pyridine rings is 1. The summed E-state index contributed by atoms with van der Waals surface area (Å²) in [4.78, 5) is 4.36. The number of fused-ring (bicyclic) bond motifs is 1. The zero-order valence-electron chi connectivity index (χ0n) is 9.90. The lowest BCUT2D eigenvalue weighted by Gasteiger charge is -2.09. The molecular weight excluding hydrogens is 427 g/mol. The lowest BCUT2D eigenvalue weighted by atomic mass is 10.2. The smallest absolute Gasteiger partial charge is 0.129 e. The second-order valence-electron chi connectivity index (χ2n) is 3.99. The summed E-state index contributed by atoms with van der Waals surface area (Å²) in [5.41, 5.74) is 3.31. The minimum atomic E-state index is 0.546. The van der Waals surface area contributed by atoms with Gasteiger partial charge < -0.3 is 5.32 Å². The van der Waals surface area contributed by atoms with Crippen LogP contribution in [0.25, 0.3) is 11.0 Å². The number of benzene rings is 1. The fourth-order valence-corrected chi connectivity index (χ4v) is 3.63. The van der Waals surface area contributed by atoms with Gasteiger partial charge in [0.05, 0.1) is 34.7 Å². The average Bonchev–Trinajstić information content (AvgIpc) is 2.88. The van der Waals surface area contributed by atoms with Gasteiger partial charge in [0, 0.05) is 15.1 Å². The first kappa shape index (κ1) is 14.2. The molecule has 0 saturated carbocycles. The van der Waals surface area contributed by atoms with Gasteiger partial charge in [0.25, 0.3) is 0 Å². The van der Waals surface area contributed by atoms with E-state index in [0.29, 0.717) is 11.6 Å². The maximum atomic E-state index is 6.23. The molecule has 0 spiro atoms. The summed E-state index contributed by atoms with van der Waals surface area (Å²) in [7, 11) is 0. The first-order valence-corrected chi connectivity index (χ1v) is 8.29. The van der Waals surface area contributed by atoms with E-state index >= 15 is 0 Å². The van der Waals surface area contributed by atoms with Crippen molar-refractivity contribution in [3.63, 3.8) is 0 Å². The van der Waals surface area contributed by atoms with Crippen molar-refractivity contribution >= 4 is 71.9 Å². The molecule has 0 aliphatic carbocycles. The fourth-order valence-electron chi connectivity index (χ4n) is 1.74. The number of halogens is 3. The summed E-state index contributed by atoms with van der Waals surface area (Å²) in [5.74, 6) is 0. The molecular formula is C12H7Br2ClN4S. The largest absolute Gasteiger partial charge is 0.376 e. The molecule has 20 heavy (non-hydrogen) atoms. The van der Waals surface area contributed by atoms with Crippen LogP contribution < -0.4 is 5.32 Å². The number of aromatic nitrogens is 3. The van der Waals surface area contributed by atoms with Crippen LogP contribution in [0.3, 0.4) is 0 Å². The standard InChI is InChI=1S/C12H7Br2ClN4S/c13-6-3-7(14)10(16-4-6)5-17-11-8(15)1-2-9-12(11)19-20-18-9/h1-4,17H,5H2. The van der Waals surface area contributed by atoms with Crippen LogP contribution in [0.1, 0.15) is 5.69 Å². The molecule has 0 aliphatic rings. The highest BCUT2D eigenvalue weighted by atomic mass is 79.9. The predicted molar refractivity (Wildman–Crippen MR) is 89.4 cm³/mol. The average molecular weight is 435 g/mol. The third-order valence-corrected chi connectivity index (χ3v) is 4.67. The molecule has 0 fully saturated rings. The summed E-state index contributed by atoms with van der Waals surface area (Å²) in [6, 6.07) is 5.63. The Labute approximate surface area is 141 Å². The molecule has 102 valence electrons. The van der Waals surface area contributed by atoms with E-state index in [2.05, 4.69) is 50.9 Å². The summed E-state index contributed by atoms with van der Waals surface area (Å²) in [5, 5.41) is 3.91. The van der Waals surface area contributed by atoms with Gasteiger partial charge in [-0.3, -0.25) is 4.98 Å².